The summed E-state index contributed by atoms with van der Waals surface area (Å²) in [6, 6.07) is 8.55. The average molecular weight is 213 g/mol. The van der Waals surface area contributed by atoms with Crippen molar-refractivity contribution in [3.63, 3.8) is 0 Å². The molecule has 1 aromatic carbocycles. The maximum absolute atomic E-state index is 3.48. The minimum absolute atomic E-state index is 0.628. The number of hydrogen-bond acceptors (Lipinski definition) is 0. The SMILES string of the molecule is CC(C)c1ccccc1CBr. The molecule has 0 heterocycles. The third-order valence-electron chi connectivity index (χ3n) is 1.82. The van der Waals surface area contributed by atoms with Crippen LogP contribution >= 0.6 is 15.9 Å². The summed E-state index contributed by atoms with van der Waals surface area (Å²) in [4.78, 5) is 0. The van der Waals surface area contributed by atoms with Gasteiger partial charge < -0.3 is 0 Å². The molecule has 0 nitrogen and oxygen atoms in total. The van der Waals surface area contributed by atoms with Crippen molar-refractivity contribution in [3.05, 3.63) is 35.4 Å². The lowest BCUT2D eigenvalue weighted by Crippen LogP contribution is -1.92. The topological polar surface area (TPSA) is 0 Å². The van der Waals surface area contributed by atoms with Gasteiger partial charge in [0.25, 0.3) is 0 Å². The van der Waals surface area contributed by atoms with Gasteiger partial charge in [0.15, 0.2) is 0 Å². The van der Waals surface area contributed by atoms with Crippen LogP contribution in [0.3, 0.4) is 0 Å². The predicted octanol–water partition coefficient (Wildman–Crippen LogP) is 3.70. The van der Waals surface area contributed by atoms with Crippen LogP contribution < -0.4 is 0 Å². The fraction of sp³-hybridized carbons (Fsp3) is 0.400. The van der Waals surface area contributed by atoms with Crippen molar-refractivity contribution in [3.8, 4) is 0 Å². The lowest BCUT2D eigenvalue weighted by Gasteiger charge is -2.09. The zero-order chi connectivity index (χ0) is 8.27. The molecule has 0 saturated carbocycles. The molecule has 0 saturated heterocycles. The van der Waals surface area contributed by atoms with E-state index in [0.29, 0.717) is 5.92 Å². The highest BCUT2D eigenvalue weighted by Crippen LogP contribution is 2.20. The van der Waals surface area contributed by atoms with Gasteiger partial charge in [0.1, 0.15) is 0 Å². The molecule has 0 amide bonds. The van der Waals surface area contributed by atoms with E-state index in [0.717, 1.165) is 5.33 Å². The van der Waals surface area contributed by atoms with Gasteiger partial charge in [-0.15, -0.1) is 0 Å². The van der Waals surface area contributed by atoms with Crippen LogP contribution in [-0.2, 0) is 5.33 Å². The minimum Gasteiger partial charge on any atom is -0.0876 e. The second-order valence-electron chi connectivity index (χ2n) is 2.99. The standard InChI is InChI=1S/C10H13Br/c1-8(2)10-6-4-3-5-9(10)7-11/h3-6,8H,7H2,1-2H3. The molecule has 0 N–H and O–H groups in total. The predicted molar refractivity (Wildman–Crippen MR) is 53.2 cm³/mol. The zero-order valence-electron chi connectivity index (χ0n) is 6.97. The molecule has 1 rings (SSSR count). The molecule has 1 heteroatoms. The van der Waals surface area contributed by atoms with E-state index in [2.05, 4.69) is 54.0 Å². The number of halogens is 1. The maximum atomic E-state index is 3.48. The monoisotopic (exact) mass is 212 g/mol. The Morgan fingerprint density at radius 1 is 1.27 bits per heavy atom. The second-order valence-corrected chi connectivity index (χ2v) is 3.55. The van der Waals surface area contributed by atoms with Crippen molar-refractivity contribution in [2.75, 3.05) is 0 Å². The van der Waals surface area contributed by atoms with Crippen molar-refractivity contribution in [1.82, 2.24) is 0 Å². The first kappa shape index (κ1) is 8.79. The van der Waals surface area contributed by atoms with Crippen LogP contribution in [0.2, 0.25) is 0 Å². The summed E-state index contributed by atoms with van der Waals surface area (Å²) in [6.07, 6.45) is 0. The first-order chi connectivity index (χ1) is 5.25. The molecule has 11 heavy (non-hydrogen) atoms. The van der Waals surface area contributed by atoms with Crippen LogP contribution in [0.25, 0.3) is 0 Å². The van der Waals surface area contributed by atoms with Crippen LogP contribution in [-0.4, -0.2) is 0 Å². The quantitative estimate of drug-likeness (QED) is 0.657. The highest BCUT2D eigenvalue weighted by atomic mass is 79.9. The Labute approximate surface area is 76.8 Å². The lowest BCUT2D eigenvalue weighted by atomic mass is 9.98. The van der Waals surface area contributed by atoms with Crippen LogP contribution in [0.4, 0.5) is 0 Å². The Hall–Kier alpha value is -0.300. The summed E-state index contributed by atoms with van der Waals surface area (Å²) in [5.41, 5.74) is 2.85. The third-order valence-corrected chi connectivity index (χ3v) is 2.43. The fourth-order valence-electron chi connectivity index (χ4n) is 1.22. The molecule has 0 aromatic heterocycles. The summed E-state index contributed by atoms with van der Waals surface area (Å²) < 4.78 is 0. The van der Waals surface area contributed by atoms with Gasteiger partial charge in [-0.05, 0) is 17.0 Å². The van der Waals surface area contributed by atoms with E-state index >= 15 is 0 Å². The molecule has 0 aliphatic heterocycles. The third kappa shape index (κ3) is 2.06. The Morgan fingerprint density at radius 2 is 1.91 bits per heavy atom. The average Bonchev–Trinajstić information content (AvgIpc) is 2.04. The Bertz CT molecular complexity index is 228. The van der Waals surface area contributed by atoms with Crippen LogP contribution in [0.1, 0.15) is 30.9 Å². The summed E-state index contributed by atoms with van der Waals surface area (Å²) >= 11 is 3.48. The van der Waals surface area contributed by atoms with Gasteiger partial charge in [0, 0.05) is 5.33 Å². The molecule has 0 spiro atoms. The molecule has 0 unspecified atom stereocenters. The largest absolute Gasteiger partial charge is 0.0876 e. The normalized spacial score (nSPS) is 10.5. The first-order valence-corrected chi connectivity index (χ1v) is 5.01. The second kappa shape index (κ2) is 3.91. The fourth-order valence-corrected chi connectivity index (χ4v) is 1.73. The lowest BCUT2D eigenvalue weighted by molar-refractivity contribution is 0.855. The van der Waals surface area contributed by atoms with Crippen LogP contribution in [0.15, 0.2) is 24.3 Å². The smallest absolute Gasteiger partial charge is 0.0285 e. The van der Waals surface area contributed by atoms with E-state index in [9.17, 15) is 0 Å². The van der Waals surface area contributed by atoms with Crippen LogP contribution in [0.5, 0.6) is 0 Å². The molecule has 0 atom stereocenters. The summed E-state index contributed by atoms with van der Waals surface area (Å²) in [5, 5.41) is 0.960. The zero-order valence-corrected chi connectivity index (χ0v) is 8.56. The number of hydrogen-bond donors (Lipinski definition) is 0. The highest BCUT2D eigenvalue weighted by Gasteiger charge is 2.02. The molecule has 0 aliphatic rings. The molecule has 0 aliphatic carbocycles. The first-order valence-electron chi connectivity index (χ1n) is 3.89. The van der Waals surface area contributed by atoms with Gasteiger partial charge >= 0.3 is 0 Å². The highest BCUT2D eigenvalue weighted by molar-refractivity contribution is 9.08. The van der Waals surface area contributed by atoms with E-state index in [-0.39, 0.29) is 0 Å². The summed E-state index contributed by atoms with van der Waals surface area (Å²) in [7, 11) is 0. The van der Waals surface area contributed by atoms with E-state index in [1.807, 2.05) is 0 Å². The molecule has 1 aromatic rings. The number of alkyl halides is 1. The molecule has 0 bridgehead atoms. The molecular formula is C10H13Br. The Balaban J connectivity index is 3.02. The molecule has 0 radical (unpaired) electrons. The van der Waals surface area contributed by atoms with Gasteiger partial charge in [-0.1, -0.05) is 54.0 Å². The Kier molecular flexibility index (Phi) is 3.13. The molecular weight excluding hydrogens is 200 g/mol. The van der Waals surface area contributed by atoms with Crippen LogP contribution in [0, 0.1) is 0 Å². The van der Waals surface area contributed by atoms with Gasteiger partial charge in [-0.3, -0.25) is 0 Å². The van der Waals surface area contributed by atoms with Crippen molar-refractivity contribution in [2.24, 2.45) is 0 Å². The van der Waals surface area contributed by atoms with Gasteiger partial charge in [0.2, 0.25) is 0 Å². The summed E-state index contributed by atoms with van der Waals surface area (Å²) in [6.45, 7) is 4.45. The summed E-state index contributed by atoms with van der Waals surface area (Å²) in [5.74, 6) is 0.628. The van der Waals surface area contributed by atoms with Crippen molar-refractivity contribution in [2.45, 2.75) is 25.1 Å². The number of rotatable bonds is 2. The van der Waals surface area contributed by atoms with Gasteiger partial charge in [0.05, 0.1) is 0 Å². The van der Waals surface area contributed by atoms with E-state index in [1.165, 1.54) is 11.1 Å². The molecule has 60 valence electrons. The van der Waals surface area contributed by atoms with Gasteiger partial charge in [-0.25, -0.2) is 0 Å². The van der Waals surface area contributed by atoms with E-state index in [1.54, 1.807) is 0 Å². The van der Waals surface area contributed by atoms with Crippen molar-refractivity contribution in [1.29, 1.82) is 0 Å². The maximum Gasteiger partial charge on any atom is 0.0285 e. The van der Waals surface area contributed by atoms with E-state index < -0.39 is 0 Å². The molecule has 0 fully saturated rings. The van der Waals surface area contributed by atoms with Crippen molar-refractivity contribution >= 4 is 15.9 Å². The van der Waals surface area contributed by atoms with Crippen molar-refractivity contribution < 1.29 is 0 Å². The number of benzene rings is 1. The Morgan fingerprint density at radius 3 is 2.36 bits per heavy atom. The minimum atomic E-state index is 0.628. The van der Waals surface area contributed by atoms with E-state index in [4.69, 9.17) is 0 Å². The van der Waals surface area contributed by atoms with Gasteiger partial charge in [-0.2, -0.15) is 0 Å².